The van der Waals surface area contributed by atoms with E-state index < -0.39 is 0 Å². The van der Waals surface area contributed by atoms with Crippen LogP contribution in [-0.2, 0) is 0 Å². The quantitative estimate of drug-likeness (QED) is 0.506. The molecule has 2 heteroatoms. The molecule has 0 N–H and O–H groups in total. The van der Waals surface area contributed by atoms with Gasteiger partial charge in [-0.05, 0) is 18.4 Å². The Labute approximate surface area is 76.9 Å². The first kappa shape index (κ1) is 8.89. The lowest BCUT2D eigenvalue weighted by molar-refractivity contribution is 1.14. The SMILES string of the molecule is C#Cc1cc(C)ncc1SC=C. The Balaban J connectivity index is 3.12. The maximum Gasteiger partial charge on any atom is 0.0456 e. The van der Waals surface area contributed by atoms with Crippen molar-refractivity contribution in [2.45, 2.75) is 11.8 Å². The monoisotopic (exact) mass is 175 g/mol. The van der Waals surface area contributed by atoms with Crippen molar-refractivity contribution in [1.82, 2.24) is 4.98 Å². The summed E-state index contributed by atoms with van der Waals surface area (Å²) in [5.74, 6) is 2.61. The van der Waals surface area contributed by atoms with Gasteiger partial charge in [0.2, 0.25) is 0 Å². The zero-order valence-corrected chi connectivity index (χ0v) is 7.69. The van der Waals surface area contributed by atoms with E-state index >= 15 is 0 Å². The molecule has 0 aromatic carbocycles. The molecule has 0 amide bonds. The highest BCUT2D eigenvalue weighted by Gasteiger charge is 1.99. The minimum absolute atomic E-state index is 0.882. The molecule has 12 heavy (non-hydrogen) atoms. The molecule has 1 aromatic heterocycles. The third kappa shape index (κ3) is 1.90. The van der Waals surface area contributed by atoms with Crippen molar-refractivity contribution in [3.8, 4) is 12.3 Å². The van der Waals surface area contributed by atoms with Crippen molar-refractivity contribution in [3.05, 3.63) is 35.5 Å². The third-order valence-corrected chi connectivity index (χ3v) is 2.12. The average molecular weight is 175 g/mol. The number of hydrogen-bond donors (Lipinski definition) is 0. The first-order valence-corrected chi connectivity index (χ1v) is 4.36. The zero-order chi connectivity index (χ0) is 8.97. The fraction of sp³-hybridized carbons (Fsp3) is 0.100. The zero-order valence-electron chi connectivity index (χ0n) is 6.87. The predicted molar refractivity (Wildman–Crippen MR) is 53.0 cm³/mol. The van der Waals surface area contributed by atoms with Crippen molar-refractivity contribution in [3.63, 3.8) is 0 Å². The summed E-state index contributed by atoms with van der Waals surface area (Å²) in [6.07, 6.45) is 7.10. The molecule has 0 saturated carbocycles. The van der Waals surface area contributed by atoms with Crippen LogP contribution in [-0.4, -0.2) is 4.98 Å². The number of thioether (sulfide) groups is 1. The van der Waals surface area contributed by atoms with Crippen molar-refractivity contribution in [2.75, 3.05) is 0 Å². The van der Waals surface area contributed by atoms with Gasteiger partial charge in [-0.1, -0.05) is 24.3 Å². The maximum absolute atomic E-state index is 5.32. The lowest BCUT2D eigenvalue weighted by atomic mass is 10.2. The summed E-state index contributed by atoms with van der Waals surface area (Å²) in [5, 5.41) is 1.74. The van der Waals surface area contributed by atoms with Gasteiger partial charge in [-0.3, -0.25) is 4.98 Å². The Morgan fingerprint density at radius 1 is 1.75 bits per heavy atom. The Hall–Kier alpha value is -1.20. The highest BCUT2D eigenvalue weighted by Crippen LogP contribution is 2.21. The van der Waals surface area contributed by atoms with E-state index in [1.165, 1.54) is 11.8 Å². The Kier molecular flexibility index (Phi) is 2.95. The van der Waals surface area contributed by atoms with Crippen molar-refractivity contribution >= 4 is 11.8 Å². The van der Waals surface area contributed by atoms with Crippen LogP contribution < -0.4 is 0 Å². The molecule has 1 heterocycles. The van der Waals surface area contributed by atoms with Gasteiger partial charge in [0.25, 0.3) is 0 Å². The molecule has 0 spiro atoms. The van der Waals surface area contributed by atoms with E-state index in [0.717, 1.165) is 16.2 Å². The minimum atomic E-state index is 0.882. The van der Waals surface area contributed by atoms with Gasteiger partial charge in [-0.15, -0.1) is 6.42 Å². The molecule has 0 aliphatic carbocycles. The minimum Gasteiger partial charge on any atom is -0.260 e. The molecule has 0 radical (unpaired) electrons. The molecule has 0 saturated heterocycles. The number of pyridine rings is 1. The van der Waals surface area contributed by atoms with Crippen molar-refractivity contribution in [1.29, 1.82) is 0 Å². The number of rotatable bonds is 2. The van der Waals surface area contributed by atoms with Gasteiger partial charge in [0.05, 0.1) is 0 Å². The molecule has 60 valence electrons. The molecule has 0 fully saturated rings. The second-order valence-electron chi connectivity index (χ2n) is 2.25. The van der Waals surface area contributed by atoms with Crippen LogP contribution in [0.25, 0.3) is 0 Å². The van der Waals surface area contributed by atoms with Crippen LogP contribution in [0.5, 0.6) is 0 Å². The highest BCUT2D eigenvalue weighted by atomic mass is 32.2. The summed E-state index contributed by atoms with van der Waals surface area (Å²) in [7, 11) is 0. The summed E-state index contributed by atoms with van der Waals surface area (Å²) in [6.45, 7) is 5.54. The highest BCUT2D eigenvalue weighted by molar-refractivity contribution is 8.02. The first-order chi connectivity index (χ1) is 5.77. The third-order valence-electron chi connectivity index (χ3n) is 1.37. The molecule has 0 aliphatic heterocycles. The van der Waals surface area contributed by atoms with E-state index in [0.29, 0.717) is 0 Å². The van der Waals surface area contributed by atoms with Crippen LogP contribution in [0, 0.1) is 19.3 Å². The fourth-order valence-corrected chi connectivity index (χ4v) is 1.38. The van der Waals surface area contributed by atoms with Gasteiger partial charge >= 0.3 is 0 Å². The van der Waals surface area contributed by atoms with Gasteiger partial charge in [0, 0.05) is 22.3 Å². The molecule has 0 unspecified atom stereocenters. The van der Waals surface area contributed by atoms with Crippen LogP contribution in [0.4, 0.5) is 0 Å². The molecule has 1 nitrogen and oxygen atoms in total. The lowest BCUT2D eigenvalue weighted by Gasteiger charge is -2.00. The Morgan fingerprint density at radius 3 is 3.08 bits per heavy atom. The normalized spacial score (nSPS) is 9.00. The number of terminal acetylenes is 1. The van der Waals surface area contributed by atoms with E-state index in [2.05, 4.69) is 17.5 Å². The van der Waals surface area contributed by atoms with E-state index in [1.54, 1.807) is 11.6 Å². The predicted octanol–water partition coefficient (Wildman–Crippen LogP) is 2.61. The Bertz CT molecular complexity index is 336. The summed E-state index contributed by atoms with van der Waals surface area (Å²) >= 11 is 1.49. The van der Waals surface area contributed by atoms with Crippen molar-refractivity contribution < 1.29 is 0 Å². The molecular formula is C10H9NS. The second-order valence-corrected chi connectivity index (χ2v) is 3.26. The number of aryl methyl sites for hydroxylation is 1. The molecule has 1 aromatic rings. The first-order valence-electron chi connectivity index (χ1n) is 3.48. The molecule has 0 atom stereocenters. The second kappa shape index (κ2) is 3.99. The largest absolute Gasteiger partial charge is 0.260 e. The molecular weight excluding hydrogens is 166 g/mol. The van der Waals surface area contributed by atoms with Gasteiger partial charge in [-0.2, -0.15) is 0 Å². The van der Waals surface area contributed by atoms with E-state index in [1.807, 2.05) is 13.0 Å². The van der Waals surface area contributed by atoms with Gasteiger partial charge in [0.15, 0.2) is 0 Å². The van der Waals surface area contributed by atoms with Crippen LogP contribution in [0.15, 0.2) is 29.1 Å². The summed E-state index contributed by atoms with van der Waals surface area (Å²) in [5.41, 5.74) is 1.82. The van der Waals surface area contributed by atoms with Crippen LogP contribution in [0.3, 0.4) is 0 Å². The van der Waals surface area contributed by atoms with Crippen LogP contribution >= 0.6 is 11.8 Å². The smallest absolute Gasteiger partial charge is 0.0456 e. The van der Waals surface area contributed by atoms with Gasteiger partial charge in [-0.25, -0.2) is 0 Å². The summed E-state index contributed by atoms with van der Waals surface area (Å²) in [4.78, 5) is 5.13. The lowest BCUT2D eigenvalue weighted by Crippen LogP contribution is -1.85. The maximum atomic E-state index is 5.32. The average Bonchev–Trinajstić information content (AvgIpc) is 2.08. The van der Waals surface area contributed by atoms with Gasteiger partial charge < -0.3 is 0 Å². The molecule has 0 aliphatic rings. The number of nitrogens with zero attached hydrogens (tertiary/aromatic N) is 1. The van der Waals surface area contributed by atoms with E-state index in [9.17, 15) is 0 Å². The van der Waals surface area contributed by atoms with E-state index in [4.69, 9.17) is 6.42 Å². The molecule has 0 bridgehead atoms. The number of aromatic nitrogens is 1. The number of hydrogen-bond acceptors (Lipinski definition) is 2. The summed E-state index contributed by atoms with van der Waals surface area (Å²) in [6, 6.07) is 1.89. The van der Waals surface area contributed by atoms with Crippen LogP contribution in [0.1, 0.15) is 11.3 Å². The topological polar surface area (TPSA) is 12.9 Å². The molecule has 1 rings (SSSR count). The van der Waals surface area contributed by atoms with E-state index in [-0.39, 0.29) is 0 Å². The Morgan fingerprint density at radius 2 is 2.50 bits per heavy atom. The fourth-order valence-electron chi connectivity index (χ4n) is 0.844. The van der Waals surface area contributed by atoms with Gasteiger partial charge in [0.1, 0.15) is 0 Å². The standard InChI is InChI=1S/C10H9NS/c1-4-9-6-8(3)11-7-10(9)12-5-2/h1,5-7H,2H2,3H3. The summed E-state index contributed by atoms with van der Waals surface area (Å²) < 4.78 is 0. The van der Waals surface area contributed by atoms with Crippen molar-refractivity contribution in [2.24, 2.45) is 0 Å². The van der Waals surface area contributed by atoms with Crippen LogP contribution in [0.2, 0.25) is 0 Å².